The molecular weight excluding hydrogens is 514 g/mol. The Morgan fingerprint density at radius 2 is 1.92 bits per heavy atom. The van der Waals surface area contributed by atoms with E-state index in [0.717, 1.165) is 34.9 Å². The average molecular weight is 552 g/mol. The van der Waals surface area contributed by atoms with E-state index < -0.39 is 0 Å². The molecule has 1 saturated heterocycles. The van der Waals surface area contributed by atoms with Crippen LogP contribution < -0.4 is 9.47 Å². The fourth-order valence-electron chi connectivity index (χ4n) is 4.90. The lowest BCUT2D eigenvalue weighted by Crippen LogP contribution is -2.43. The Hall–Kier alpha value is -3.43. The molecule has 0 bridgehead atoms. The van der Waals surface area contributed by atoms with Crippen LogP contribution in [0.25, 0.3) is 0 Å². The van der Waals surface area contributed by atoms with Gasteiger partial charge in [-0.05, 0) is 38.3 Å². The van der Waals surface area contributed by atoms with Crippen molar-refractivity contribution >= 4 is 23.2 Å². The van der Waals surface area contributed by atoms with Crippen LogP contribution in [-0.4, -0.2) is 60.6 Å². The maximum Gasteiger partial charge on any atom is 0.310 e. The first-order valence-corrected chi connectivity index (χ1v) is 14.2. The van der Waals surface area contributed by atoms with Gasteiger partial charge >= 0.3 is 5.97 Å². The summed E-state index contributed by atoms with van der Waals surface area (Å²) in [4.78, 5) is 34.3. The Morgan fingerprint density at radius 1 is 1.13 bits per heavy atom. The van der Waals surface area contributed by atoms with E-state index in [1.54, 1.807) is 26.0 Å². The number of ether oxygens (including phenoxy) is 3. The molecule has 0 radical (unpaired) electrons. The molecule has 1 fully saturated rings. The number of amides is 1. The van der Waals surface area contributed by atoms with E-state index in [-0.39, 0.29) is 23.8 Å². The minimum absolute atomic E-state index is 0.0912. The highest BCUT2D eigenvalue weighted by Crippen LogP contribution is 2.31. The van der Waals surface area contributed by atoms with Gasteiger partial charge in [-0.3, -0.25) is 14.5 Å². The summed E-state index contributed by atoms with van der Waals surface area (Å²) in [5.74, 6) is 0.863. The van der Waals surface area contributed by atoms with Crippen LogP contribution in [0.15, 0.2) is 53.9 Å². The summed E-state index contributed by atoms with van der Waals surface area (Å²) in [7, 11) is 3.30. The zero-order valence-electron chi connectivity index (χ0n) is 23.1. The largest absolute Gasteiger partial charge is 0.497 e. The minimum Gasteiger partial charge on any atom is -0.497 e. The van der Waals surface area contributed by atoms with Crippen molar-refractivity contribution in [2.24, 2.45) is 5.92 Å². The SMILES string of the molecule is CCOC(=O)C1CCCN(C(=O)c2csc(CN(Cc3ccc(OC)cc3OC)C(C)c3ccccc3)n2)C1. The molecule has 0 saturated carbocycles. The summed E-state index contributed by atoms with van der Waals surface area (Å²) >= 11 is 1.48. The van der Waals surface area contributed by atoms with E-state index in [1.807, 2.05) is 41.8 Å². The topological polar surface area (TPSA) is 81.2 Å². The molecule has 208 valence electrons. The molecule has 3 aromatic rings. The molecule has 8 nitrogen and oxygen atoms in total. The van der Waals surface area contributed by atoms with Crippen LogP contribution in [0.1, 0.15) is 59.4 Å². The fraction of sp³-hybridized carbons (Fsp3) is 0.433. The number of esters is 1. The number of thiazole rings is 1. The first-order valence-electron chi connectivity index (χ1n) is 13.3. The third-order valence-electron chi connectivity index (χ3n) is 7.14. The summed E-state index contributed by atoms with van der Waals surface area (Å²) in [6.07, 6.45) is 1.52. The predicted octanol–water partition coefficient (Wildman–Crippen LogP) is 5.34. The normalized spacial score (nSPS) is 16.1. The summed E-state index contributed by atoms with van der Waals surface area (Å²) in [6.45, 7) is 6.50. The van der Waals surface area contributed by atoms with E-state index in [4.69, 9.17) is 19.2 Å². The molecule has 0 spiro atoms. The summed E-state index contributed by atoms with van der Waals surface area (Å²) in [6, 6.07) is 16.3. The van der Waals surface area contributed by atoms with Crippen LogP contribution in [0.3, 0.4) is 0 Å². The van der Waals surface area contributed by atoms with Crippen molar-refractivity contribution in [3.05, 3.63) is 75.7 Å². The summed E-state index contributed by atoms with van der Waals surface area (Å²) in [5, 5.41) is 2.68. The van der Waals surface area contributed by atoms with Gasteiger partial charge in [0, 0.05) is 42.7 Å². The Bertz CT molecular complexity index is 1250. The van der Waals surface area contributed by atoms with E-state index in [0.29, 0.717) is 38.5 Å². The van der Waals surface area contributed by atoms with Crippen LogP contribution in [-0.2, 0) is 22.6 Å². The number of nitrogens with zero attached hydrogens (tertiary/aromatic N) is 3. The van der Waals surface area contributed by atoms with E-state index in [9.17, 15) is 9.59 Å². The lowest BCUT2D eigenvalue weighted by Gasteiger charge is -2.31. The third kappa shape index (κ3) is 7.16. The second-order valence-corrected chi connectivity index (χ2v) is 10.6. The van der Waals surface area contributed by atoms with Crippen molar-refractivity contribution < 1.29 is 23.8 Å². The molecule has 2 atom stereocenters. The van der Waals surface area contributed by atoms with Gasteiger partial charge in [-0.2, -0.15) is 0 Å². The number of methoxy groups -OCH3 is 2. The maximum atomic E-state index is 13.3. The van der Waals surface area contributed by atoms with Gasteiger partial charge in [0.05, 0.1) is 33.3 Å². The Labute approximate surface area is 234 Å². The van der Waals surface area contributed by atoms with Crippen LogP contribution in [0.5, 0.6) is 11.5 Å². The molecule has 4 rings (SSSR count). The number of carbonyl (C=O) groups excluding carboxylic acids is 2. The van der Waals surface area contributed by atoms with Gasteiger partial charge in [0.1, 0.15) is 22.2 Å². The number of piperidine rings is 1. The molecule has 39 heavy (non-hydrogen) atoms. The Morgan fingerprint density at radius 3 is 2.64 bits per heavy atom. The molecule has 2 aromatic carbocycles. The van der Waals surface area contributed by atoms with Crippen molar-refractivity contribution in [1.82, 2.24) is 14.8 Å². The number of hydrogen-bond donors (Lipinski definition) is 0. The van der Waals surface area contributed by atoms with Crippen LogP contribution in [0, 0.1) is 5.92 Å². The highest BCUT2D eigenvalue weighted by Gasteiger charge is 2.31. The maximum absolute atomic E-state index is 13.3. The third-order valence-corrected chi connectivity index (χ3v) is 7.97. The van der Waals surface area contributed by atoms with Crippen molar-refractivity contribution in [2.75, 3.05) is 33.9 Å². The number of rotatable bonds is 11. The van der Waals surface area contributed by atoms with Gasteiger partial charge in [-0.1, -0.05) is 36.4 Å². The van der Waals surface area contributed by atoms with Gasteiger partial charge in [-0.15, -0.1) is 11.3 Å². The minimum atomic E-state index is -0.276. The molecule has 1 aliphatic heterocycles. The van der Waals surface area contributed by atoms with Crippen molar-refractivity contribution in [3.63, 3.8) is 0 Å². The quantitative estimate of drug-likeness (QED) is 0.298. The number of likely N-dealkylation sites (tertiary alicyclic amines) is 1. The van der Waals surface area contributed by atoms with E-state index in [1.165, 1.54) is 16.9 Å². The van der Waals surface area contributed by atoms with E-state index >= 15 is 0 Å². The van der Waals surface area contributed by atoms with Gasteiger partial charge in [0.2, 0.25) is 0 Å². The predicted molar refractivity (Wildman–Crippen MR) is 151 cm³/mol. The highest BCUT2D eigenvalue weighted by molar-refractivity contribution is 7.09. The van der Waals surface area contributed by atoms with Gasteiger partial charge < -0.3 is 19.1 Å². The van der Waals surface area contributed by atoms with Crippen LogP contribution >= 0.6 is 11.3 Å². The highest BCUT2D eigenvalue weighted by atomic mass is 32.1. The zero-order chi connectivity index (χ0) is 27.8. The smallest absolute Gasteiger partial charge is 0.310 e. The van der Waals surface area contributed by atoms with Crippen molar-refractivity contribution in [3.8, 4) is 11.5 Å². The second kappa shape index (κ2) is 13.6. The molecule has 0 aliphatic carbocycles. The number of benzene rings is 2. The first kappa shape index (κ1) is 28.6. The lowest BCUT2D eigenvalue weighted by atomic mass is 9.98. The average Bonchev–Trinajstić information content (AvgIpc) is 3.45. The van der Waals surface area contributed by atoms with Crippen molar-refractivity contribution in [2.45, 2.75) is 45.8 Å². The number of hydrogen-bond acceptors (Lipinski definition) is 8. The summed E-state index contributed by atoms with van der Waals surface area (Å²) < 4.78 is 16.2. The van der Waals surface area contributed by atoms with Crippen LogP contribution in [0.2, 0.25) is 0 Å². The molecular formula is C30H37N3O5S. The Balaban J connectivity index is 1.52. The first-order chi connectivity index (χ1) is 18.9. The molecule has 1 amide bonds. The standard InChI is InChI=1S/C30H37N3O5S/c1-5-38-30(35)24-12-9-15-32(18-24)29(34)26-20-39-28(31-26)19-33(21(2)22-10-7-6-8-11-22)17-23-13-14-25(36-3)16-27(23)37-4/h6-8,10-11,13-14,16,20-21,24H,5,9,12,15,17-19H2,1-4H3. The summed E-state index contributed by atoms with van der Waals surface area (Å²) in [5.41, 5.74) is 2.65. The second-order valence-electron chi connectivity index (χ2n) is 9.64. The van der Waals surface area contributed by atoms with Crippen molar-refractivity contribution in [1.29, 1.82) is 0 Å². The molecule has 2 heterocycles. The van der Waals surface area contributed by atoms with Gasteiger partial charge in [0.15, 0.2) is 0 Å². The lowest BCUT2D eigenvalue weighted by molar-refractivity contribution is -0.149. The molecule has 2 unspecified atom stereocenters. The molecule has 1 aliphatic rings. The molecule has 1 aromatic heterocycles. The van der Waals surface area contributed by atoms with Gasteiger partial charge in [0.25, 0.3) is 5.91 Å². The van der Waals surface area contributed by atoms with Crippen LogP contribution in [0.4, 0.5) is 0 Å². The number of aromatic nitrogens is 1. The van der Waals surface area contributed by atoms with E-state index in [2.05, 4.69) is 24.0 Å². The van der Waals surface area contributed by atoms with Gasteiger partial charge in [-0.25, -0.2) is 4.98 Å². The monoisotopic (exact) mass is 551 g/mol. The number of carbonyl (C=O) groups is 2. The molecule has 9 heteroatoms. The Kier molecular flexibility index (Phi) is 9.95. The fourth-order valence-corrected chi connectivity index (χ4v) is 5.70. The zero-order valence-corrected chi connectivity index (χ0v) is 23.9. The molecule has 0 N–H and O–H groups in total.